The molecule has 0 spiro atoms. The number of rotatable bonds is 12. The van der Waals surface area contributed by atoms with E-state index in [0.29, 0.717) is 13.0 Å². The van der Waals surface area contributed by atoms with Gasteiger partial charge in [0.15, 0.2) is 0 Å². The summed E-state index contributed by atoms with van der Waals surface area (Å²) in [7, 11) is 0. The van der Waals surface area contributed by atoms with Crippen LogP contribution in [0, 0.1) is 0 Å². The number of allylic oxidation sites excluding steroid dienone is 2. The zero-order valence-electron chi connectivity index (χ0n) is 12.7. The Balaban J connectivity index is 3.20. The minimum atomic E-state index is -0.0773. The molecule has 0 aliphatic heterocycles. The van der Waals surface area contributed by atoms with Gasteiger partial charge in [0.1, 0.15) is 0 Å². The number of esters is 1. The van der Waals surface area contributed by atoms with Gasteiger partial charge >= 0.3 is 5.97 Å². The molecule has 1 atom stereocenters. The van der Waals surface area contributed by atoms with Gasteiger partial charge in [-0.15, -0.1) is 0 Å². The normalized spacial score (nSPS) is 12.8. The molecule has 0 amide bonds. The van der Waals surface area contributed by atoms with Crippen molar-refractivity contribution in [1.82, 2.24) is 0 Å². The SMILES string of the molecule is CC/C=C/CCCCCCCC(=O)OCCC(C)N. The summed E-state index contributed by atoms with van der Waals surface area (Å²) in [5, 5.41) is 0. The monoisotopic (exact) mass is 269 g/mol. The third-order valence-corrected chi connectivity index (χ3v) is 2.99. The van der Waals surface area contributed by atoms with Gasteiger partial charge in [0.05, 0.1) is 6.61 Å². The van der Waals surface area contributed by atoms with Crippen molar-refractivity contribution in [2.45, 2.75) is 77.7 Å². The molecule has 0 radical (unpaired) electrons. The summed E-state index contributed by atoms with van der Waals surface area (Å²) in [5.74, 6) is -0.0773. The third kappa shape index (κ3) is 15.1. The topological polar surface area (TPSA) is 52.3 Å². The fraction of sp³-hybridized carbons (Fsp3) is 0.812. The number of unbranched alkanes of at least 4 members (excludes halogenated alkanes) is 5. The van der Waals surface area contributed by atoms with Gasteiger partial charge in [0.2, 0.25) is 0 Å². The molecule has 0 aromatic rings. The van der Waals surface area contributed by atoms with Crippen LogP contribution in [-0.2, 0) is 9.53 Å². The summed E-state index contributed by atoms with van der Waals surface area (Å²) in [6.45, 7) is 4.54. The van der Waals surface area contributed by atoms with Crippen LogP contribution in [0.3, 0.4) is 0 Å². The average molecular weight is 269 g/mol. The first kappa shape index (κ1) is 18.2. The van der Waals surface area contributed by atoms with E-state index >= 15 is 0 Å². The van der Waals surface area contributed by atoms with Crippen LogP contribution in [0.4, 0.5) is 0 Å². The highest BCUT2D eigenvalue weighted by atomic mass is 16.5. The van der Waals surface area contributed by atoms with E-state index in [1.54, 1.807) is 0 Å². The molecule has 3 heteroatoms. The lowest BCUT2D eigenvalue weighted by atomic mass is 10.1. The number of carbonyl (C=O) groups is 1. The lowest BCUT2D eigenvalue weighted by Crippen LogP contribution is -2.18. The number of hydrogen-bond donors (Lipinski definition) is 1. The number of nitrogens with two attached hydrogens (primary N) is 1. The van der Waals surface area contributed by atoms with Gasteiger partial charge in [0, 0.05) is 12.5 Å². The second-order valence-corrected chi connectivity index (χ2v) is 5.17. The second kappa shape index (κ2) is 13.6. The van der Waals surface area contributed by atoms with E-state index in [2.05, 4.69) is 19.1 Å². The number of hydrogen-bond acceptors (Lipinski definition) is 3. The van der Waals surface area contributed by atoms with E-state index in [9.17, 15) is 4.79 Å². The van der Waals surface area contributed by atoms with Gasteiger partial charge in [-0.2, -0.15) is 0 Å². The molecular formula is C16H31NO2. The molecule has 0 fully saturated rings. The molecule has 0 aromatic heterocycles. The highest BCUT2D eigenvalue weighted by molar-refractivity contribution is 5.69. The predicted molar refractivity (Wildman–Crippen MR) is 81.0 cm³/mol. The lowest BCUT2D eigenvalue weighted by Gasteiger charge is -2.06. The van der Waals surface area contributed by atoms with Crippen LogP contribution in [0.25, 0.3) is 0 Å². The Morgan fingerprint density at radius 1 is 1.16 bits per heavy atom. The summed E-state index contributed by atoms with van der Waals surface area (Å²) < 4.78 is 5.10. The van der Waals surface area contributed by atoms with Crippen molar-refractivity contribution in [3.05, 3.63) is 12.2 Å². The van der Waals surface area contributed by atoms with Crippen molar-refractivity contribution in [2.24, 2.45) is 5.73 Å². The molecule has 1 unspecified atom stereocenters. The van der Waals surface area contributed by atoms with E-state index < -0.39 is 0 Å². The molecule has 0 aliphatic carbocycles. The summed E-state index contributed by atoms with van der Waals surface area (Å²) in [5.41, 5.74) is 5.58. The molecule has 0 saturated heterocycles. The van der Waals surface area contributed by atoms with Crippen molar-refractivity contribution in [2.75, 3.05) is 6.61 Å². The average Bonchev–Trinajstić information content (AvgIpc) is 2.36. The fourth-order valence-electron chi connectivity index (χ4n) is 1.78. The summed E-state index contributed by atoms with van der Waals surface area (Å²) in [6.07, 6.45) is 13.9. The van der Waals surface area contributed by atoms with Gasteiger partial charge in [0.25, 0.3) is 0 Å². The van der Waals surface area contributed by atoms with Crippen LogP contribution in [-0.4, -0.2) is 18.6 Å². The molecule has 112 valence electrons. The van der Waals surface area contributed by atoms with E-state index in [0.717, 1.165) is 25.7 Å². The molecule has 19 heavy (non-hydrogen) atoms. The van der Waals surface area contributed by atoms with Crippen molar-refractivity contribution in [1.29, 1.82) is 0 Å². The fourth-order valence-corrected chi connectivity index (χ4v) is 1.78. The van der Waals surface area contributed by atoms with E-state index in [4.69, 9.17) is 10.5 Å². The first-order valence-corrected chi connectivity index (χ1v) is 7.73. The standard InChI is InChI=1S/C16H31NO2/c1-3-4-5-6-7-8-9-10-11-12-16(18)19-14-13-15(2)17/h4-5,15H,3,6-14,17H2,1-2H3/b5-4+. The molecule has 0 bridgehead atoms. The minimum absolute atomic E-state index is 0.0773. The highest BCUT2D eigenvalue weighted by Crippen LogP contribution is 2.08. The smallest absolute Gasteiger partial charge is 0.305 e. The molecule has 0 aliphatic rings. The third-order valence-electron chi connectivity index (χ3n) is 2.99. The van der Waals surface area contributed by atoms with Gasteiger partial charge in [-0.05, 0) is 39.0 Å². The quantitative estimate of drug-likeness (QED) is 0.331. The zero-order chi connectivity index (χ0) is 14.3. The Labute approximate surface area is 118 Å². The summed E-state index contributed by atoms with van der Waals surface area (Å²) in [6, 6.07) is 0.106. The number of carbonyl (C=O) groups excluding carboxylic acids is 1. The maximum absolute atomic E-state index is 11.4. The van der Waals surface area contributed by atoms with E-state index in [1.807, 2.05) is 6.92 Å². The van der Waals surface area contributed by atoms with Crippen molar-refractivity contribution < 1.29 is 9.53 Å². The van der Waals surface area contributed by atoms with Gasteiger partial charge in [-0.3, -0.25) is 4.79 Å². The van der Waals surface area contributed by atoms with Gasteiger partial charge < -0.3 is 10.5 Å². The first-order chi connectivity index (χ1) is 9.16. The molecule has 2 N–H and O–H groups in total. The van der Waals surface area contributed by atoms with Gasteiger partial charge in [-0.25, -0.2) is 0 Å². The Hall–Kier alpha value is -0.830. The maximum atomic E-state index is 11.4. The Morgan fingerprint density at radius 2 is 1.84 bits per heavy atom. The minimum Gasteiger partial charge on any atom is -0.466 e. The Bertz CT molecular complexity index is 237. The molecular weight excluding hydrogens is 238 g/mol. The van der Waals surface area contributed by atoms with Crippen LogP contribution in [0.1, 0.15) is 71.6 Å². The van der Waals surface area contributed by atoms with Gasteiger partial charge in [-0.1, -0.05) is 38.3 Å². The lowest BCUT2D eigenvalue weighted by molar-refractivity contribution is -0.143. The van der Waals surface area contributed by atoms with Crippen molar-refractivity contribution in [3.8, 4) is 0 Å². The Kier molecular flexibility index (Phi) is 13.0. The molecule has 0 heterocycles. The van der Waals surface area contributed by atoms with Crippen LogP contribution < -0.4 is 5.73 Å². The largest absolute Gasteiger partial charge is 0.466 e. The van der Waals surface area contributed by atoms with Crippen LogP contribution in [0.15, 0.2) is 12.2 Å². The van der Waals surface area contributed by atoms with Crippen molar-refractivity contribution in [3.63, 3.8) is 0 Å². The van der Waals surface area contributed by atoms with Crippen LogP contribution in [0.5, 0.6) is 0 Å². The summed E-state index contributed by atoms with van der Waals surface area (Å²) >= 11 is 0. The zero-order valence-corrected chi connectivity index (χ0v) is 12.7. The predicted octanol–water partition coefficient (Wildman–Crippen LogP) is 3.96. The van der Waals surface area contributed by atoms with Crippen LogP contribution >= 0.6 is 0 Å². The number of ether oxygens (including phenoxy) is 1. The van der Waals surface area contributed by atoms with E-state index in [1.165, 1.54) is 25.7 Å². The molecule has 0 saturated carbocycles. The maximum Gasteiger partial charge on any atom is 0.305 e. The van der Waals surface area contributed by atoms with Crippen LogP contribution in [0.2, 0.25) is 0 Å². The highest BCUT2D eigenvalue weighted by Gasteiger charge is 2.03. The summed E-state index contributed by atoms with van der Waals surface area (Å²) in [4.78, 5) is 11.4. The van der Waals surface area contributed by atoms with E-state index in [-0.39, 0.29) is 12.0 Å². The van der Waals surface area contributed by atoms with Crippen molar-refractivity contribution >= 4 is 5.97 Å². The first-order valence-electron chi connectivity index (χ1n) is 7.73. The molecule has 3 nitrogen and oxygen atoms in total. The second-order valence-electron chi connectivity index (χ2n) is 5.17. The Morgan fingerprint density at radius 3 is 2.53 bits per heavy atom. The molecule has 0 rings (SSSR count). The molecule has 0 aromatic carbocycles.